The molecule has 3 aromatic heterocycles. The number of pyridine rings is 1. The molecule has 1 aromatic carbocycles. The van der Waals surface area contributed by atoms with Crippen LogP contribution in [0, 0.1) is 12.8 Å². The molecule has 0 aliphatic heterocycles. The molecular formula is C30H34N6O3S2. The fraction of sp³-hybridized carbons (Fsp3) is 0.400. The van der Waals surface area contributed by atoms with E-state index >= 15 is 0 Å². The topological polar surface area (TPSA) is 103 Å². The molecule has 41 heavy (non-hydrogen) atoms. The van der Waals surface area contributed by atoms with E-state index in [1.54, 1.807) is 31.1 Å². The number of carbonyl (C=O) groups is 2. The number of benzene rings is 1. The first-order valence-electron chi connectivity index (χ1n) is 13.9. The van der Waals surface area contributed by atoms with Crippen LogP contribution in [0.4, 0.5) is 5.13 Å². The van der Waals surface area contributed by atoms with Crippen molar-refractivity contribution >= 4 is 40.1 Å². The number of ether oxygens (including phenoxy) is 1. The van der Waals surface area contributed by atoms with Gasteiger partial charge in [0.15, 0.2) is 16.1 Å². The quantitative estimate of drug-likeness (QED) is 0.155. The molecule has 9 nitrogen and oxygen atoms in total. The van der Waals surface area contributed by atoms with Crippen molar-refractivity contribution in [1.29, 1.82) is 0 Å². The Morgan fingerprint density at radius 1 is 1.12 bits per heavy atom. The lowest BCUT2D eigenvalue weighted by Gasteiger charge is -2.31. The molecule has 1 saturated carbocycles. The zero-order valence-electron chi connectivity index (χ0n) is 23.5. The highest BCUT2D eigenvalue weighted by atomic mass is 32.2. The van der Waals surface area contributed by atoms with Gasteiger partial charge in [-0.2, -0.15) is 0 Å². The predicted molar refractivity (Wildman–Crippen MR) is 161 cm³/mol. The largest absolute Gasteiger partial charge is 0.462 e. The van der Waals surface area contributed by atoms with Crippen LogP contribution >= 0.6 is 23.1 Å². The first kappa shape index (κ1) is 28.9. The van der Waals surface area contributed by atoms with Crippen molar-refractivity contribution in [3.63, 3.8) is 0 Å². The lowest BCUT2D eigenvalue weighted by molar-refractivity contribution is -0.116. The summed E-state index contributed by atoms with van der Waals surface area (Å²) in [6, 6.07) is 13.9. The number of esters is 1. The van der Waals surface area contributed by atoms with Crippen LogP contribution in [0.15, 0.2) is 60.0 Å². The zero-order valence-corrected chi connectivity index (χ0v) is 25.2. The van der Waals surface area contributed by atoms with Gasteiger partial charge in [0.25, 0.3) is 0 Å². The van der Waals surface area contributed by atoms with Crippen molar-refractivity contribution in [3.8, 4) is 11.4 Å². The van der Waals surface area contributed by atoms with Gasteiger partial charge < -0.3 is 4.74 Å². The fourth-order valence-electron chi connectivity index (χ4n) is 5.16. The van der Waals surface area contributed by atoms with Gasteiger partial charge in [-0.1, -0.05) is 73.2 Å². The van der Waals surface area contributed by atoms with Gasteiger partial charge in [0.2, 0.25) is 5.91 Å². The highest BCUT2D eigenvalue weighted by molar-refractivity contribution is 7.99. The maximum Gasteiger partial charge on any atom is 0.350 e. The first-order chi connectivity index (χ1) is 20.0. The van der Waals surface area contributed by atoms with Crippen molar-refractivity contribution in [2.75, 3.05) is 17.3 Å². The van der Waals surface area contributed by atoms with Crippen LogP contribution in [0.1, 0.15) is 66.5 Å². The van der Waals surface area contributed by atoms with Gasteiger partial charge in [-0.15, -0.1) is 10.2 Å². The van der Waals surface area contributed by atoms with Crippen molar-refractivity contribution in [2.45, 2.75) is 64.2 Å². The third-order valence-corrected chi connectivity index (χ3v) is 9.36. The number of anilines is 1. The molecule has 0 radical (unpaired) electrons. The third kappa shape index (κ3) is 6.68. The van der Waals surface area contributed by atoms with Crippen LogP contribution in [-0.2, 0) is 16.1 Å². The Morgan fingerprint density at radius 3 is 2.66 bits per heavy atom. The van der Waals surface area contributed by atoms with E-state index in [0.29, 0.717) is 28.2 Å². The Kier molecular flexibility index (Phi) is 9.45. The Morgan fingerprint density at radius 2 is 1.93 bits per heavy atom. The van der Waals surface area contributed by atoms with E-state index in [9.17, 15) is 9.59 Å². The minimum absolute atomic E-state index is 0.128. The Bertz CT molecular complexity index is 1470. The molecule has 11 heteroatoms. The van der Waals surface area contributed by atoms with Gasteiger partial charge in [-0.3, -0.25) is 19.2 Å². The summed E-state index contributed by atoms with van der Waals surface area (Å²) in [5.74, 6) is 0.846. The maximum atomic E-state index is 13.9. The zero-order chi connectivity index (χ0) is 28.8. The maximum absolute atomic E-state index is 13.9. The Balaban J connectivity index is 1.43. The monoisotopic (exact) mass is 590 g/mol. The lowest BCUT2D eigenvalue weighted by Crippen LogP contribution is -2.32. The third-order valence-electron chi connectivity index (χ3n) is 7.27. The average molecular weight is 591 g/mol. The fourth-order valence-corrected chi connectivity index (χ4v) is 7.01. The summed E-state index contributed by atoms with van der Waals surface area (Å²) < 4.78 is 7.42. The highest BCUT2D eigenvalue weighted by Crippen LogP contribution is 2.39. The summed E-state index contributed by atoms with van der Waals surface area (Å²) in [6.07, 6.45) is 8.12. The average Bonchev–Trinajstić information content (AvgIpc) is 3.59. The van der Waals surface area contributed by atoms with Gasteiger partial charge in [0, 0.05) is 24.0 Å². The molecule has 1 aliphatic carbocycles. The molecule has 3 heterocycles. The second-order valence-electron chi connectivity index (χ2n) is 10.1. The van der Waals surface area contributed by atoms with Crippen LogP contribution in [0.2, 0.25) is 0 Å². The molecule has 1 aliphatic rings. The molecular weight excluding hydrogens is 557 g/mol. The molecule has 214 valence electrons. The number of nitrogens with zero attached hydrogens (tertiary/aromatic N) is 6. The molecule has 0 spiro atoms. The second-order valence-corrected chi connectivity index (χ2v) is 12.1. The van der Waals surface area contributed by atoms with Crippen molar-refractivity contribution in [2.24, 2.45) is 5.92 Å². The van der Waals surface area contributed by atoms with E-state index in [0.717, 1.165) is 41.4 Å². The van der Waals surface area contributed by atoms with Crippen molar-refractivity contribution < 1.29 is 14.3 Å². The number of hydrogen-bond acceptors (Lipinski definition) is 9. The van der Waals surface area contributed by atoms with E-state index in [-0.39, 0.29) is 24.3 Å². The lowest BCUT2D eigenvalue weighted by atomic mass is 9.85. The van der Waals surface area contributed by atoms with Crippen LogP contribution in [-0.4, -0.2) is 49.0 Å². The van der Waals surface area contributed by atoms with Gasteiger partial charge >= 0.3 is 5.97 Å². The Hall–Kier alpha value is -3.57. The molecule has 1 amide bonds. The van der Waals surface area contributed by atoms with Gasteiger partial charge in [0.1, 0.15) is 4.88 Å². The summed E-state index contributed by atoms with van der Waals surface area (Å²) in [5.41, 5.74) is 2.43. The molecule has 2 atom stereocenters. The summed E-state index contributed by atoms with van der Waals surface area (Å²) >= 11 is 2.57. The van der Waals surface area contributed by atoms with Gasteiger partial charge in [-0.05, 0) is 50.3 Å². The van der Waals surface area contributed by atoms with E-state index < -0.39 is 5.97 Å². The van der Waals surface area contributed by atoms with Crippen LogP contribution in [0.25, 0.3) is 11.4 Å². The van der Waals surface area contributed by atoms with Crippen molar-refractivity contribution in [1.82, 2.24) is 24.7 Å². The smallest absolute Gasteiger partial charge is 0.350 e. The molecule has 1 fully saturated rings. The minimum atomic E-state index is -0.423. The number of thiazole rings is 1. The van der Waals surface area contributed by atoms with Crippen LogP contribution in [0.5, 0.6) is 0 Å². The van der Waals surface area contributed by atoms with E-state index in [1.807, 2.05) is 42.5 Å². The molecule has 5 rings (SSSR count). The molecule has 0 bridgehead atoms. The van der Waals surface area contributed by atoms with E-state index in [4.69, 9.17) is 4.74 Å². The summed E-state index contributed by atoms with van der Waals surface area (Å²) in [6.45, 7) is 6.42. The number of thioether (sulfide) groups is 1. The minimum Gasteiger partial charge on any atom is -0.462 e. The van der Waals surface area contributed by atoms with Crippen LogP contribution < -0.4 is 4.90 Å². The van der Waals surface area contributed by atoms with E-state index in [2.05, 4.69) is 31.7 Å². The number of aryl methyl sites for hydroxylation is 1. The van der Waals surface area contributed by atoms with Gasteiger partial charge in [0.05, 0.1) is 24.6 Å². The molecule has 0 unspecified atom stereocenters. The number of aromatic nitrogens is 5. The highest BCUT2D eigenvalue weighted by Gasteiger charge is 2.30. The van der Waals surface area contributed by atoms with Crippen LogP contribution in [0.3, 0.4) is 0 Å². The summed E-state index contributed by atoms with van der Waals surface area (Å²) in [5, 5.41) is 10.3. The number of carbonyl (C=O) groups excluding carboxylic acids is 2. The number of rotatable bonds is 10. The molecule has 0 saturated heterocycles. The number of hydrogen-bond donors (Lipinski definition) is 0. The number of amides is 1. The normalized spacial score (nSPS) is 16.9. The molecule has 4 aromatic rings. The van der Waals surface area contributed by atoms with Gasteiger partial charge in [-0.25, -0.2) is 9.78 Å². The molecule has 0 N–H and O–H groups in total. The SMILES string of the molecule is CCOC(=O)c1sc(N(Cc2ccccc2)C(=O)CSc2nnc(-c3cccnc3)n2[C@H]2CCCC[C@H]2C)nc1C. The predicted octanol–water partition coefficient (Wildman–Crippen LogP) is 6.36. The second kappa shape index (κ2) is 13.4. The Labute approximate surface area is 248 Å². The first-order valence-corrected chi connectivity index (χ1v) is 15.7. The van der Waals surface area contributed by atoms with E-state index in [1.165, 1.54) is 29.5 Å². The summed E-state index contributed by atoms with van der Waals surface area (Å²) in [7, 11) is 0. The standard InChI is InChI=1S/C30H34N6O3S2/c1-4-39-28(38)26-21(3)32-29(41-26)35(18-22-12-6-5-7-13-22)25(37)19-40-30-34-33-27(23-14-10-16-31-17-23)36(30)24-15-9-8-11-20(24)2/h5-7,10,12-14,16-17,20,24H,4,8-9,11,15,18-19H2,1-3H3/t20-,24+/m1/s1. The summed E-state index contributed by atoms with van der Waals surface area (Å²) in [4.78, 5) is 37.3. The van der Waals surface area contributed by atoms with Crippen molar-refractivity contribution in [3.05, 3.63) is 71.0 Å².